The van der Waals surface area contributed by atoms with Crippen LogP contribution in [0.15, 0.2) is 6.20 Å². The Hall–Kier alpha value is -0.980. The number of aryl methyl sites for hydroxylation is 1. The van der Waals surface area contributed by atoms with E-state index >= 15 is 0 Å². The first-order valence-electron chi connectivity index (χ1n) is 8.22. The van der Waals surface area contributed by atoms with E-state index in [4.69, 9.17) is 4.74 Å². The van der Waals surface area contributed by atoms with Crippen molar-refractivity contribution < 1.29 is 9.53 Å². The number of hydrogen-bond donors (Lipinski definition) is 0. The van der Waals surface area contributed by atoms with Crippen LogP contribution >= 0.6 is 11.3 Å². The number of morpholine rings is 1. The van der Waals surface area contributed by atoms with E-state index in [-0.39, 0.29) is 0 Å². The second-order valence-electron chi connectivity index (χ2n) is 6.19. The summed E-state index contributed by atoms with van der Waals surface area (Å²) < 4.78 is 5.35. The summed E-state index contributed by atoms with van der Waals surface area (Å²) in [6, 6.07) is 0. The second kappa shape index (κ2) is 7.53. The molecule has 2 fully saturated rings. The highest BCUT2D eigenvalue weighted by atomic mass is 32.1. The van der Waals surface area contributed by atoms with E-state index in [2.05, 4.69) is 16.8 Å². The Balaban J connectivity index is 1.49. The Morgan fingerprint density at radius 3 is 2.95 bits per heavy atom. The van der Waals surface area contributed by atoms with E-state index in [1.54, 1.807) is 11.3 Å². The molecule has 2 saturated heterocycles. The van der Waals surface area contributed by atoms with Crippen molar-refractivity contribution in [1.82, 2.24) is 14.8 Å². The highest BCUT2D eigenvalue weighted by Gasteiger charge is 2.26. The number of hydrogen-bond acceptors (Lipinski definition) is 5. The van der Waals surface area contributed by atoms with E-state index in [1.165, 1.54) is 9.88 Å². The molecule has 0 spiro atoms. The van der Waals surface area contributed by atoms with Gasteiger partial charge in [0.1, 0.15) is 0 Å². The number of aromatic nitrogens is 1. The zero-order valence-electron chi connectivity index (χ0n) is 13.3. The van der Waals surface area contributed by atoms with Gasteiger partial charge < -0.3 is 9.64 Å². The van der Waals surface area contributed by atoms with Gasteiger partial charge in [-0.2, -0.15) is 0 Å². The average molecular weight is 323 g/mol. The minimum absolute atomic E-state index is 0.296. The summed E-state index contributed by atoms with van der Waals surface area (Å²) in [5, 5.41) is 1.20. The normalized spacial score (nSPS) is 23.7. The maximum absolute atomic E-state index is 12.5. The zero-order valence-corrected chi connectivity index (χ0v) is 14.1. The molecule has 122 valence electrons. The molecule has 1 aromatic rings. The fourth-order valence-electron chi connectivity index (χ4n) is 3.20. The quantitative estimate of drug-likeness (QED) is 0.849. The molecule has 1 aromatic heterocycles. The Morgan fingerprint density at radius 1 is 1.41 bits per heavy atom. The molecule has 6 heteroatoms. The van der Waals surface area contributed by atoms with Gasteiger partial charge in [-0.05, 0) is 19.8 Å². The molecule has 3 heterocycles. The number of amides is 1. The van der Waals surface area contributed by atoms with Crippen molar-refractivity contribution in [2.24, 2.45) is 0 Å². The Kier molecular flexibility index (Phi) is 5.44. The Bertz CT molecular complexity index is 499. The number of likely N-dealkylation sites (tertiary alicyclic amines) is 1. The van der Waals surface area contributed by atoms with Gasteiger partial charge in [-0.1, -0.05) is 0 Å². The van der Waals surface area contributed by atoms with Gasteiger partial charge in [-0.3, -0.25) is 9.69 Å². The van der Waals surface area contributed by atoms with Crippen LogP contribution in [0.5, 0.6) is 0 Å². The molecule has 1 atom stereocenters. The SMILES string of the molecule is Cc1cnc([C@@H]2CCCN(C(=O)CCN3CCOCC3)C2)s1. The number of ether oxygens (including phenoxy) is 1. The highest BCUT2D eigenvalue weighted by Crippen LogP contribution is 2.29. The number of carbonyl (C=O) groups is 1. The number of rotatable bonds is 4. The number of carbonyl (C=O) groups excluding carboxylic acids is 1. The predicted molar refractivity (Wildman–Crippen MR) is 87.3 cm³/mol. The topological polar surface area (TPSA) is 45.7 Å². The van der Waals surface area contributed by atoms with Crippen LogP contribution < -0.4 is 0 Å². The van der Waals surface area contributed by atoms with Crippen molar-refractivity contribution in [1.29, 1.82) is 0 Å². The first kappa shape index (κ1) is 15.9. The zero-order chi connectivity index (χ0) is 15.4. The van der Waals surface area contributed by atoms with E-state index in [0.717, 1.165) is 58.8 Å². The van der Waals surface area contributed by atoms with E-state index < -0.39 is 0 Å². The van der Waals surface area contributed by atoms with Crippen LogP contribution in [0.4, 0.5) is 0 Å². The summed E-state index contributed by atoms with van der Waals surface area (Å²) in [7, 11) is 0. The van der Waals surface area contributed by atoms with Gasteiger partial charge in [0.25, 0.3) is 0 Å². The third-order valence-corrected chi connectivity index (χ3v) is 5.58. The van der Waals surface area contributed by atoms with Gasteiger partial charge in [0, 0.05) is 56.1 Å². The number of nitrogens with zero attached hydrogens (tertiary/aromatic N) is 3. The van der Waals surface area contributed by atoms with E-state index in [9.17, 15) is 4.79 Å². The third-order valence-electron chi connectivity index (χ3n) is 4.51. The molecule has 3 rings (SSSR count). The molecule has 0 aliphatic carbocycles. The molecule has 1 amide bonds. The molecule has 22 heavy (non-hydrogen) atoms. The molecular formula is C16H25N3O2S. The standard InChI is InChI=1S/C16H25N3O2S/c1-13-11-17-16(22-13)14-3-2-5-19(12-14)15(20)4-6-18-7-9-21-10-8-18/h11,14H,2-10,12H2,1H3/t14-/m1/s1. The molecule has 0 bridgehead atoms. The lowest BCUT2D eigenvalue weighted by Crippen LogP contribution is -2.42. The lowest BCUT2D eigenvalue weighted by molar-refractivity contribution is -0.133. The van der Waals surface area contributed by atoms with Gasteiger partial charge in [-0.15, -0.1) is 11.3 Å². The molecule has 0 unspecified atom stereocenters. The second-order valence-corrected chi connectivity index (χ2v) is 7.46. The number of thiazole rings is 1. The van der Waals surface area contributed by atoms with Gasteiger partial charge in [0.2, 0.25) is 5.91 Å². The van der Waals surface area contributed by atoms with Crippen molar-refractivity contribution in [3.8, 4) is 0 Å². The van der Waals surface area contributed by atoms with Gasteiger partial charge in [0.05, 0.1) is 18.2 Å². The summed E-state index contributed by atoms with van der Waals surface area (Å²) in [5.74, 6) is 0.726. The summed E-state index contributed by atoms with van der Waals surface area (Å²) in [6.45, 7) is 8.20. The van der Waals surface area contributed by atoms with Gasteiger partial charge in [-0.25, -0.2) is 4.98 Å². The maximum Gasteiger partial charge on any atom is 0.223 e. The van der Waals surface area contributed by atoms with Crippen molar-refractivity contribution in [2.45, 2.75) is 32.1 Å². The van der Waals surface area contributed by atoms with Crippen LogP contribution in [0.25, 0.3) is 0 Å². The first-order valence-corrected chi connectivity index (χ1v) is 9.04. The van der Waals surface area contributed by atoms with Crippen LogP contribution in [-0.2, 0) is 9.53 Å². The van der Waals surface area contributed by atoms with Gasteiger partial charge >= 0.3 is 0 Å². The average Bonchev–Trinajstić information content (AvgIpc) is 3.00. The predicted octanol–water partition coefficient (Wildman–Crippen LogP) is 1.88. The minimum atomic E-state index is 0.296. The maximum atomic E-state index is 12.5. The van der Waals surface area contributed by atoms with E-state index in [0.29, 0.717) is 18.2 Å². The monoisotopic (exact) mass is 323 g/mol. The van der Waals surface area contributed by atoms with Crippen molar-refractivity contribution in [3.63, 3.8) is 0 Å². The lowest BCUT2D eigenvalue weighted by atomic mass is 9.98. The fraction of sp³-hybridized carbons (Fsp3) is 0.750. The van der Waals surface area contributed by atoms with E-state index in [1.807, 2.05) is 11.1 Å². The fourth-order valence-corrected chi connectivity index (χ4v) is 4.10. The minimum Gasteiger partial charge on any atom is -0.379 e. The third kappa shape index (κ3) is 4.06. The molecule has 0 saturated carbocycles. The highest BCUT2D eigenvalue weighted by molar-refractivity contribution is 7.11. The van der Waals surface area contributed by atoms with Crippen molar-refractivity contribution in [3.05, 3.63) is 16.1 Å². The summed E-state index contributed by atoms with van der Waals surface area (Å²) >= 11 is 1.77. The molecule has 5 nitrogen and oxygen atoms in total. The Labute approximate surface area is 136 Å². The smallest absolute Gasteiger partial charge is 0.223 e. The van der Waals surface area contributed by atoms with Crippen LogP contribution in [0.3, 0.4) is 0 Å². The van der Waals surface area contributed by atoms with Crippen LogP contribution in [-0.4, -0.2) is 66.6 Å². The van der Waals surface area contributed by atoms with Crippen LogP contribution in [0.1, 0.15) is 35.1 Å². The summed E-state index contributed by atoms with van der Waals surface area (Å²) in [4.78, 5) is 22.6. The molecule has 2 aliphatic rings. The summed E-state index contributed by atoms with van der Waals surface area (Å²) in [6.07, 6.45) is 4.82. The first-order chi connectivity index (χ1) is 10.7. The van der Waals surface area contributed by atoms with Crippen LogP contribution in [0, 0.1) is 6.92 Å². The summed E-state index contributed by atoms with van der Waals surface area (Å²) in [5.41, 5.74) is 0. The molecule has 0 aromatic carbocycles. The largest absolute Gasteiger partial charge is 0.379 e. The number of piperidine rings is 1. The molecule has 2 aliphatic heterocycles. The van der Waals surface area contributed by atoms with Crippen molar-refractivity contribution in [2.75, 3.05) is 45.9 Å². The molecular weight excluding hydrogens is 298 g/mol. The van der Waals surface area contributed by atoms with Crippen LogP contribution in [0.2, 0.25) is 0 Å². The Morgan fingerprint density at radius 2 is 2.23 bits per heavy atom. The van der Waals surface area contributed by atoms with Crippen molar-refractivity contribution >= 4 is 17.2 Å². The molecule has 0 N–H and O–H groups in total. The molecule has 0 radical (unpaired) electrons. The van der Waals surface area contributed by atoms with Gasteiger partial charge in [0.15, 0.2) is 0 Å². The lowest BCUT2D eigenvalue weighted by Gasteiger charge is -2.33.